The molecule has 9 rings (SSSR count). The molecule has 414 valence electrons. The van der Waals surface area contributed by atoms with Gasteiger partial charge in [-0.3, -0.25) is 44.4 Å². The second kappa shape index (κ2) is 24.3. The maximum absolute atomic E-state index is 14.3. The molecule has 8 heterocycles. The van der Waals surface area contributed by atoms with Crippen molar-refractivity contribution in [3.8, 4) is 43.4 Å². The number of hydrazine groups is 1. The molecular formula is C50H48N14O10S6. The number of benzene rings is 1. The third-order valence-corrected chi connectivity index (χ3v) is 16.9. The molecule has 0 saturated carbocycles. The number of nitrogens with zero attached hydrogens (tertiary/aromatic N) is 8. The van der Waals surface area contributed by atoms with Gasteiger partial charge in [0.2, 0.25) is 5.91 Å². The highest BCUT2D eigenvalue weighted by Gasteiger charge is 2.38. The molecule has 30 heteroatoms. The molecule has 1 aliphatic rings. The van der Waals surface area contributed by atoms with E-state index < -0.39 is 71.9 Å². The molecule has 0 aliphatic carbocycles. The Kier molecular flexibility index (Phi) is 17.2. The summed E-state index contributed by atoms with van der Waals surface area (Å²) < 4.78 is 16.7. The number of fused-ring (bicyclic) bond motifs is 14. The molecule has 0 radical (unpaired) electrons. The van der Waals surface area contributed by atoms with E-state index in [9.17, 15) is 33.6 Å². The van der Waals surface area contributed by atoms with Crippen molar-refractivity contribution in [1.82, 2.24) is 55.8 Å². The standard InChI is InChI=1S/C50H48N14O10S6/c1-22-35-42(70)63-48-62-37(31(80-48)17-72-7)41(69)53-16-34(67)64(51)38(39(73-23(2)65)24-11-9-8-10-12-24)47-58-30(20-77-47)45-56-28(18-76-45)36-25(13-14-26(54-36)44-59-32(21-78-44)60-49(71)74-50(3,4)5)43-57-29(19-75-43)40(68)55-27(15-33(66)52-6)46(61-35)79-22/h8-14,18-21,27,38-39H,15-17,51H2,1-7H3,(H,52,66)(H,53,69)(H,55,68)(H,60,71)(H,62,63,70)/t27-,38-,39-/m0/s1. The number of carbonyl (C=O) groups is 7. The fraction of sp³-hybridized carbons (Fsp3) is 0.280. The summed E-state index contributed by atoms with van der Waals surface area (Å²) in [4.78, 5) is 129. The van der Waals surface area contributed by atoms with E-state index in [4.69, 9.17) is 40.0 Å². The molecule has 10 bridgehead atoms. The Bertz CT molecular complexity index is 3660. The molecule has 3 atom stereocenters. The number of esters is 1. The minimum atomic E-state index is -1.25. The Morgan fingerprint density at radius 2 is 1.49 bits per heavy atom. The fourth-order valence-electron chi connectivity index (χ4n) is 7.81. The lowest BCUT2D eigenvalue weighted by Crippen LogP contribution is -2.48. The van der Waals surface area contributed by atoms with Gasteiger partial charge in [-0.25, -0.2) is 45.5 Å². The van der Waals surface area contributed by atoms with Crippen molar-refractivity contribution in [2.24, 2.45) is 5.84 Å². The lowest BCUT2D eigenvalue weighted by molar-refractivity contribution is -0.155. The number of rotatable bonds is 9. The van der Waals surface area contributed by atoms with Crippen molar-refractivity contribution in [2.75, 3.05) is 31.3 Å². The van der Waals surface area contributed by atoms with Gasteiger partial charge in [0.05, 0.1) is 36.2 Å². The first-order chi connectivity index (χ1) is 38.2. The fourth-order valence-corrected chi connectivity index (χ4v) is 13.0. The smallest absolute Gasteiger partial charge is 0.413 e. The summed E-state index contributed by atoms with van der Waals surface area (Å²) in [6.45, 7) is 7.38. The van der Waals surface area contributed by atoms with Gasteiger partial charge < -0.3 is 30.2 Å². The van der Waals surface area contributed by atoms with Gasteiger partial charge in [0, 0.05) is 53.0 Å². The largest absolute Gasteiger partial charge is 0.455 e. The lowest BCUT2D eigenvalue weighted by Gasteiger charge is -2.32. The van der Waals surface area contributed by atoms with Crippen LogP contribution in [-0.4, -0.2) is 108 Å². The normalized spacial score (nSPS) is 15.6. The number of nitrogens with two attached hydrogens (primary N) is 1. The molecule has 24 nitrogen and oxygen atoms in total. The van der Waals surface area contributed by atoms with Gasteiger partial charge >= 0.3 is 12.1 Å². The van der Waals surface area contributed by atoms with E-state index in [2.05, 4.69) is 41.5 Å². The highest BCUT2D eigenvalue weighted by Crippen LogP contribution is 2.42. The minimum absolute atomic E-state index is 0.00706. The zero-order valence-electron chi connectivity index (χ0n) is 43.4. The minimum Gasteiger partial charge on any atom is -0.455 e. The van der Waals surface area contributed by atoms with E-state index in [0.717, 1.165) is 50.4 Å². The number of nitrogens with one attached hydrogen (secondary N) is 5. The number of pyridine rings is 1. The molecule has 7 N–H and O–H groups in total. The van der Waals surface area contributed by atoms with E-state index in [1.54, 1.807) is 91.7 Å². The molecule has 80 heavy (non-hydrogen) atoms. The van der Waals surface area contributed by atoms with Crippen LogP contribution in [0.15, 0.2) is 64.0 Å². The van der Waals surface area contributed by atoms with E-state index >= 15 is 0 Å². The Hall–Kier alpha value is -7.84. The van der Waals surface area contributed by atoms with Crippen molar-refractivity contribution in [3.05, 3.63) is 106 Å². The van der Waals surface area contributed by atoms with Crippen molar-refractivity contribution < 1.29 is 47.8 Å². The van der Waals surface area contributed by atoms with Gasteiger partial charge in [-0.15, -0.1) is 56.7 Å². The van der Waals surface area contributed by atoms with Crippen molar-refractivity contribution in [2.45, 2.75) is 71.4 Å². The number of amides is 6. The van der Waals surface area contributed by atoms with Crippen LogP contribution in [0.1, 0.15) is 109 Å². The van der Waals surface area contributed by atoms with E-state index in [1.807, 2.05) is 0 Å². The average molecular weight is 1200 g/mol. The maximum atomic E-state index is 14.3. The number of carbonyl (C=O) groups excluding carboxylic acids is 7. The van der Waals surface area contributed by atoms with Gasteiger partial charge in [0.1, 0.15) is 76.7 Å². The first kappa shape index (κ1) is 56.9. The molecule has 0 saturated heterocycles. The Morgan fingerprint density at radius 1 is 0.775 bits per heavy atom. The number of ether oxygens (including phenoxy) is 3. The third kappa shape index (κ3) is 13.1. The number of aromatic nitrogens is 7. The van der Waals surface area contributed by atoms with Crippen LogP contribution in [0.2, 0.25) is 0 Å². The molecule has 8 aromatic rings. The van der Waals surface area contributed by atoms with E-state index in [-0.39, 0.29) is 51.1 Å². The van der Waals surface area contributed by atoms with E-state index in [1.165, 1.54) is 43.8 Å². The zero-order chi connectivity index (χ0) is 57.0. The summed E-state index contributed by atoms with van der Waals surface area (Å²) in [5, 5.41) is 22.7. The van der Waals surface area contributed by atoms with Crippen molar-refractivity contribution in [3.63, 3.8) is 0 Å². The Morgan fingerprint density at radius 3 is 2.23 bits per heavy atom. The summed E-state index contributed by atoms with van der Waals surface area (Å²) in [5.41, 5.74) is 1.57. The molecule has 0 fully saturated rings. The maximum Gasteiger partial charge on any atom is 0.413 e. The second-order valence-corrected chi connectivity index (χ2v) is 24.1. The number of methoxy groups -OCH3 is 1. The Labute approximate surface area is 479 Å². The van der Waals surface area contributed by atoms with Gasteiger partial charge in [-0.2, -0.15) is 0 Å². The zero-order valence-corrected chi connectivity index (χ0v) is 48.3. The number of hydrogen-bond acceptors (Lipinski definition) is 24. The predicted molar refractivity (Wildman–Crippen MR) is 302 cm³/mol. The summed E-state index contributed by atoms with van der Waals surface area (Å²) in [6.07, 6.45) is -2.11. The molecule has 6 amide bonds. The van der Waals surface area contributed by atoms with Gasteiger partial charge in [-0.05, 0) is 45.4 Å². The molecule has 0 spiro atoms. The molecular weight excluding hydrogens is 1150 g/mol. The Balaban J connectivity index is 1.15. The topological polar surface area (TPSA) is 327 Å². The monoisotopic (exact) mass is 1200 g/mol. The van der Waals surface area contributed by atoms with E-state index in [0.29, 0.717) is 58.7 Å². The second-order valence-electron chi connectivity index (χ2n) is 18.3. The molecule has 1 aromatic carbocycles. The van der Waals surface area contributed by atoms with Gasteiger partial charge in [0.15, 0.2) is 11.2 Å². The summed E-state index contributed by atoms with van der Waals surface area (Å²) in [6, 6.07) is 9.91. The third-order valence-electron chi connectivity index (χ3n) is 11.4. The van der Waals surface area contributed by atoms with Crippen LogP contribution in [0.25, 0.3) is 43.4 Å². The van der Waals surface area contributed by atoms with Crippen LogP contribution < -0.4 is 32.4 Å². The number of thiazole rings is 6. The summed E-state index contributed by atoms with van der Waals surface area (Å²) in [5.74, 6) is 2.96. The van der Waals surface area contributed by atoms with Crippen LogP contribution >= 0.6 is 68.0 Å². The van der Waals surface area contributed by atoms with Crippen LogP contribution in [-0.2, 0) is 35.2 Å². The van der Waals surface area contributed by atoms with Gasteiger partial charge in [-0.1, -0.05) is 41.7 Å². The van der Waals surface area contributed by atoms with Crippen LogP contribution in [0.4, 0.5) is 15.7 Å². The molecule has 0 unspecified atom stereocenters. The SMILES string of the molecule is CNC(=O)C[C@@H]1NC(=O)c2csc(n2)-c2ccc(-c3nc(NC(=O)OC(C)(C)C)cs3)nc2-c2csc(n2)-c2csc(n2)[C@H]([C@@H](OC(C)=O)c2ccccc2)N(N)C(=O)CNC(=O)c2nc(sc2COC)NC(=O)c2nc1sc2C. The number of aryl methyl sites for hydroxylation is 1. The number of anilines is 2. The first-order valence-electron chi connectivity index (χ1n) is 24.0. The van der Waals surface area contributed by atoms with Crippen LogP contribution in [0, 0.1) is 6.92 Å². The first-order valence-corrected chi connectivity index (χ1v) is 29.1. The lowest BCUT2D eigenvalue weighted by atomic mass is 10.0. The summed E-state index contributed by atoms with van der Waals surface area (Å²) in [7, 11) is 2.87. The van der Waals surface area contributed by atoms with Crippen LogP contribution in [0.5, 0.6) is 0 Å². The number of hydrogen-bond donors (Lipinski definition) is 6. The van der Waals surface area contributed by atoms with Gasteiger partial charge in [0.25, 0.3) is 23.6 Å². The average Bonchev–Trinajstić information content (AvgIpc) is 4.31. The quantitative estimate of drug-likeness (QED) is 0.0453. The highest BCUT2D eigenvalue weighted by atomic mass is 32.1. The highest BCUT2D eigenvalue weighted by molar-refractivity contribution is 7.16. The molecule has 7 aromatic heterocycles. The summed E-state index contributed by atoms with van der Waals surface area (Å²) >= 11 is 6.79. The van der Waals surface area contributed by atoms with Crippen molar-refractivity contribution >= 4 is 121 Å². The molecule has 1 aliphatic heterocycles. The predicted octanol–water partition coefficient (Wildman–Crippen LogP) is 7.94. The van der Waals surface area contributed by atoms with Crippen LogP contribution in [0.3, 0.4) is 0 Å². The van der Waals surface area contributed by atoms with Crippen molar-refractivity contribution in [1.29, 1.82) is 0 Å².